The fourth-order valence-corrected chi connectivity index (χ4v) is 9.74. The van der Waals surface area contributed by atoms with Crippen molar-refractivity contribution in [2.75, 3.05) is 33.0 Å². The number of carbonyl (C=O) groups excluding carboxylic acids is 3. The van der Waals surface area contributed by atoms with Crippen molar-refractivity contribution < 1.29 is 115 Å². The number of aliphatic hydroxyl groups is 9. The van der Waals surface area contributed by atoms with Gasteiger partial charge in [0.25, 0.3) is 0 Å². The van der Waals surface area contributed by atoms with Crippen LogP contribution in [0.25, 0.3) is 0 Å². The molecule has 0 aliphatic carbocycles. The minimum Gasteiger partial charge on any atom is -0.494 e. The number of benzene rings is 1. The summed E-state index contributed by atoms with van der Waals surface area (Å²) in [6.07, 6.45) is -16.4. The second-order valence-electron chi connectivity index (χ2n) is 19.3. The lowest BCUT2D eigenvalue weighted by molar-refractivity contribution is -0.362. The minimum atomic E-state index is -5.15. The van der Waals surface area contributed by atoms with Crippen LogP contribution in [0, 0.1) is 0 Å². The van der Waals surface area contributed by atoms with E-state index in [2.05, 4.69) is 44.5 Å². The summed E-state index contributed by atoms with van der Waals surface area (Å²) in [5.41, 5.74) is 0.693. The molecule has 0 spiro atoms. The average Bonchev–Trinajstić information content (AvgIpc) is 3.37. The number of aliphatic hydroxyl groups excluding tert-OH is 9. The van der Waals surface area contributed by atoms with Crippen LogP contribution in [0.2, 0.25) is 0 Å². The number of nitrogens with one attached hydrogen (secondary N) is 4. The molecule has 0 aromatic heterocycles. The monoisotopic (exact) mass is 1130 g/mol. The molecule has 440 valence electrons. The number of ether oxygens (including phenoxy) is 8. The second kappa shape index (κ2) is 30.8. The fourth-order valence-electron chi connectivity index (χ4n) is 9.44. The Bertz CT molecular complexity index is 2130. The van der Waals surface area contributed by atoms with Gasteiger partial charge in [-0.2, -0.15) is 8.42 Å². The maximum atomic E-state index is 12.7. The predicted octanol–water partition coefficient (Wildman–Crippen LogP) is -4.01. The van der Waals surface area contributed by atoms with Gasteiger partial charge in [-0.05, 0) is 43.4 Å². The van der Waals surface area contributed by atoms with Crippen molar-refractivity contribution in [2.24, 2.45) is 0 Å². The summed E-state index contributed by atoms with van der Waals surface area (Å²) < 4.78 is 84.3. The Morgan fingerprint density at radius 3 is 1.62 bits per heavy atom. The molecule has 0 saturated carbocycles. The standard InChI is InChI=1S/C48H78N4O24S/c1-5-6-7-8-9-10-11-12-13-17-68-28-16-14-15-27(18-28)19-49-34-38(60)37(59)29(20-53)71-46(34)74-42-30(21-54)72-47(35(40(42)62)51-25(3)57)75-43-31(22-55)73-48(36(41(43)63)52-26(4)58)76-44-32(23-69-77(65,66)67)70-45(64)33(39(44)61)50-24(2)56/h10-11,14-16,18,29-49,53-55,59-64H,5-9,12-13,17,19-23H2,1-4H3,(H,50,56)(H,51,57)(H,52,58)(H,65,66,67)/b11-10-/t29-,30-,31-,32-,33-,34-,35-,36-,37-,38-,39-,40-,41-,42-,43-,44-,45?,46?,47+,48+/m1/s1. The highest BCUT2D eigenvalue weighted by Gasteiger charge is 2.56. The van der Waals surface area contributed by atoms with E-state index in [9.17, 15) is 73.3 Å². The highest BCUT2D eigenvalue weighted by atomic mass is 32.3. The lowest BCUT2D eigenvalue weighted by Gasteiger charge is -2.51. The molecule has 4 aliphatic heterocycles. The lowest BCUT2D eigenvalue weighted by Crippen LogP contribution is -2.71. The smallest absolute Gasteiger partial charge is 0.397 e. The number of rotatable bonds is 28. The van der Waals surface area contributed by atoms with E-state index >= 15 is 0 Å². The molecule has 1 aromatic rings. The van der Waals surface area contributed by atoms with Crippen LogP contribution in [0.5, 0.6) is 5.75 Å². The largest absolute Gasteiger partial charge is 0.494 e. The number of hydrogen-bond donors (Lipinski definition) is 14. The predicted molar refractivity (Wildman–Crippen MR) is 263 cm³/mol. The van der Waals surface area contributed by atoms with E-state index in [4.69, 9.17) is 37.9 Å². The minimum absolute atomic E-state index is 0.0545. The Balaban J connectivity index is 1.32. The highest BCUT2D eigenvalue weighted by molar-refractivity contribution is 7.80. The van der Waals surface area contributed by atoms with Gasteiger partial charge in [-0.1, -0.05) is 50.5 Å². The third-order valence-electron chi connectivity index (χ3n) is 13.3. The summed E-state index contributed by atoms with van der Waals surface area (Å²) in [5.74, 6) is -1.75. The van der Waals surface area contributed by atoms with Crippen LogP contribution < -0.4 is 26.0 Å². The van der Waals surface area contributed by atoms with Gasteiger partial charge in [0.2, 0.25) is 17.7 Å². The Hall–Kier alpha value is -3.64. The molecule has 0 bridgehead atoms. The second-order valence-corrected chi connectivity index (χ2v) is 20.3. The van der Waals surface area contributed by atoms with Crippen LogP contribution >= 0.6 is 0 Å². The topological polar surface area (TPSA) is 419 Å². The van der Waals surface area contributed by atoms with Gasteiger partial charge in [0.15, 0.2) is 25.2 Å². The molecule has 0 radical (unpaired) electrons. The third-order valence-corrected chi connectivity index (χ3v) is 13.7. The van der Waals surface area contributed by atoms with E-state index in [1.54, 1.807) is 24.3 Å². The molecule has 2 unspecified atom stereocenters. The van der Waals surface area contributed by atoms with Gasteiger partial charge >= 0.3 is 10.4 Å². The highest BCUT2D eigenvalue weighted by Crippen LogP contribution is 2.35. The van der Waals surface area contributed by atoms with Gasteiger partial charge in [0.05, 0.1) is 39.1 Å². The molecule has 4 fully saturated rings. The lowest BCUT2D eigenvalue weighted by atomic mass is 9.93. The molecule has 20 atom stereocenters. The van der Waals surface area contributed by atoms with Crippen molar-refractivity contribution in [2.45, 2.75) is 202 Å². The van der Waals surface area contributed by atoms with E-state index in [0.717, 1.165) is 40.0 Å². The molecule has 4 aliphatic rings. The number of allylic oxidation sites excluding steroid dienone is 2. The summed E-state index contributed by atoms with van der Waals surface area (Å²) in [7, 11) is -5.15. The van der Waals surface area contributed by atoms with Crippen molar-refractivity contribution in [3.05, 3.63) is 42.0 Å². The maximum Gasteiger partial charge on any atom is 0.397 e. The number of amides is 3. The van der Waals surface area contributed by atoms with Crippen LogP contribution in [-0.4, -0.2) is 232 Å². The SMILES string of the molecule is CCCCCC/C=C\CCCOc1cccc(CN[C@H]2C(O[C@H]3[C@H](O)[C@@H](NC(C)=O)[C@H](O[C@H]4[C@H](O)[C@@H](NC(C)=O)[C@H](O[C@H]5[C@H](O)[C@@H](NC(C)=O)C(O)O[C@@H]5COS(=O)(=O)O)O[C@@H]4CO)O[C@@H]3CO)O[C@H](CO)[C@@H](O)[C@@H]2O)c1. The molecule has 4 heterocycles. The molecule has 4 saturated heterocycles. The van der Waals surface area contributed by atoms with E-state index in [0.29, 0.717) is 17.9 Å². The van der Waals surface area contributed by atoms with Crippen molar-refractivity contribution in [3.8, 4) is 5.75 Å². The van der Waals surface area contributed by atoms with Gasteiger partial charge in [0.1, 0.15) is 97.1 Å². The van der Waals surface area contributed by atoms with Crippen molar-refractivity contribution >= 4 is 28.1 Å². The van der Waals surface area contributed by atoms with Gasteiger partial charge in [0, 0.05) is 27.3 Å². The van der Waals surface area contributed by atoms with Gasteiger partial charge < -0.3 is 105 Å². The van der Waals surface area contributed by atoms with Crippen LogP contribution in [0.3, 0.4) is 0 Å². The van der Waals surface area contributed by atoms with Crippen LogP contribution in [0.4, 0.5) is 0 Å². The normalized spacial score (nSPS) is 35.8. The Morgan fingerprint density at radius 1 is 0.610 bits per heavy atom. The molecule has 1 aromatic carbocycles. The third kappa shape index (κ3) is 18.4. The molecule has 29 heteroatoms. The zero-order valence-electron chi connectivity index (χ0n) is 43.3. The Labute approximate surface area is 446 Å². The van der Waals surface area contributed by atoms with Crippen molar-refractivity contribution in [1.29, 1.82) is 0 Å². The summed E-state index contributed by atoms with van der Waals surface area (Å²) in [4.78, 5) is 37.3. The number of unbranched alkanes of at least 4 members (excludes halogenated alkanes) is 5. The van der Waals surface area contributed by atoms with Crippen molar-refractivity contribution in [3.63, 3.8) is 0 Å². The van der Waals surface area contributed by atoms with Gasteiger partial charge in [-0.15, -0.1) is 0 Å². The molecule has 3 amide bonds. The summed E-state index contributed by atoms with van der Waals surface area (Å²) in [6, 6.07) is 0.840. The van der Waals surface area contributed by atoms with E-state index in [1.165, 1.54) is 25.7 Å². The van der Waals surface area contributed by atoms with Gasteiger partial charge in [-0.25, -0.2) is 4.18 Å². The summed E-state index contributed by atoms with van der Waals surface area (Å²) in [6.45, 7) is 2.05. The molecule has 77 heavy (non-hydrogen) atoms. The fraction of sp³-hybridized carbons (Fsp3) is 0.771. The average molecular weight is 1130 g/mol. The van der Waals surface area contributed by atoms with Crippen LogP contribution in [-0.2, 0) is 68.7 Å². The number of hydrogen-bond acceptors (Lipinski definition) is 24. The Morgan fingerprint density at radius 2 is 1.10 bits per heavy atom. The molecular weight excluding hydrogens is 1050 g/mol. The van der Waals surface area contributed by atoms with Crippen LogP contribution in [0.1, 0.15) is 78.2 Å². The first-order valence-electron chi connectivity index (χ1n) is 25.6. The molecule has 14 N–H and O–H groups in total. The zero-order valence-corrected chi connectivity index (χ0v) is 44.1. The number of carbonyl (C=O) groups is 3. The first-order valence-corrected chi connectivity index (χ1v) is 27.0. The van der Waals surface area contributed by atoms with E-state index in [-0.39, 0.29) is 6.54 Å². The van der Waals surface area contributed by atoms with E-state index < -0.39 is 177 Å². The Kier molecular flexibility index (Phi) is 25.7. The molecule has 28 nitrogen and oxygen atoms in total. The summed E-state index contributed by atoms with van der Waals surface area (Å²) >= 11 is 0. The first-order chi connectivity index (χ1) is 36.6. The van der Waals surface area contributed by atoms with Gasteiger partial charge in [-0.3, -0.25) is 18.9 Å². The molecule has 5 rings (SSSR count). The van der Waals surface area contributed by atoms with Crippen molar-refractivity contribution in [1.82, 2.24) is 21.3 Å². The summed E-state index contributed by atoms with van der Waals surface area (Å²) in [5, 5.41) is 110. The quantitative estimate of drug-likeness (QED) is 0.0216. The van der Waals surface area contributed by atoms with Crippen LogP contribution in [0.15, 0.2) is 36.4 Å². The zero-order chi connectivity index (χ0) is 56.6. The maximum absolute atomic E-state index is 12.7. The first kappa shape index (κ1) is 64.2. The van der Waals surface area contributed by atoms with E-state index in [1.807, 2.05) is 0 Å². The molecular formula is C48H78N4O24S.